The molecule has 0 radical (unpaired) electrons. The second kappa shape index (κ2) is 7.52. The summed E-state index contributed by atoms with van der Waals surface area (Å²) in [6, 6.07) is 15.0. The number of thiophene rings is 1. The van der Waals surface area contributed by atoms with Crippen molar-refractivity contribution in [3.8, 4) is 5.75 Å². The summed E-state index contributed by atoms with van der Waals surface area (Å²) in [6.45, 7) is 1.82. The van der Waals surface area contributed by atoms with Gasteiger partial charge in [0.25, 0.3) is 5.91 Å². The second-order valence-corrected chi connectivity index (χ2v) is 7.50. The van der Waals surface area contributed by atoms with Crippen molar-refractivity contribution in [2.24, 2.45) is 0 Å². The maximum atomic E-state index is 13.2. The molecule has 0 bridgehead atoms. The number of pyridine rings is 1. The van der Waals surface area contributed by atoms with Gasteiger partial charge in [0.15, 0.2) is 5.76 Å². The lowest BCUT2D eigenvalue weighted by Gasteiger charge is -2.26. The lowest BCUT2D eigenvalue weighted by molar-refractivity contribution is -0.117. The van der Waals surface area contributed by atoms with Crippen molar-refractivity contribution in [3.05, 3.63) is 87.4 Å². The number of methoxy groups -OCH3 is 1. The van der Waals surface area contributed by atoms with Crippen LogP contribution >= 0.6 is 11.3 Å². The van der Waals surface area contributed by atoms with Gasteiger partial charge >= 0.3 is 0 Å². The number of amides is 1. The zero-order chi connectivity index (χ0) is 20.5. The summed E-state index contributed by atoms with van der Waals surface area (Å²) in [6.07, 6.45) is 0. The van der Waals surface area contributed by atoms with Gasteiger partial charge in [0.05, 0.1) is 23.6 Å². The first-order valence-electron chi connectivity index (χ1n) is 8.93. The average Bonchev–Trinajstić information content (AvgIpc) is 3.35. The summed E-state index contributed by atoms with van der Waals surface area (Å²) in [5, 5.41) is 12.5. The molecule has 4 rings (SSSR count). The standard InChI is InChI=1S/C22H18N2O4S/c1-13-5-3-7-17(23-13)24-19(14-8-10-15(28-2)11-9-14)18(21(26)22(24)27)20(25)16-6-4-12-29-16/h3-12,19,26H,1-2H3/t19-/m1/s1. The van der Waals surface area contributed by atoms with Crippen LogP contribution in [-0.2, 0) is 4.79 Å². The normalized spacial score (nSPS) is 16.4. The maximum absolute atomic E-state index is 13.2. The summed E-state index contributed by atoms with van der Waals surface area (Å²) in [5.74, 6) is -0.549. The molecule has 0 saturated heterocycles. The molecule has 0 unspecified atom stereocenters. The Hall–Kier alpha value is -3.45. The van der Waals surface area contributed by atoms with Gasteiger partial charge in [-0.1, -0.05) is 24.3 Å². The molecule has 7 heteroatoms. The van der Waals surface area contributed by atoms with E-state index in [2.05, 4.69) is 4.98 Å². The van der Waals surface area contributed by atoms with E-state index in [0.717, 1.165) is 5.69 Å². The molecular formula is C22H18N2O4S. The molecule has 1 aliphatic heterocycles. The predicted molar refractivity (Wildman–Crippen MR) is 110 cm³/mol. The van der Waals surface area contributed by atoms with Crippen LogP contribution in [0.4, 0.5) is 5.82 Å². The van der Waals surface area contributed by atoms with Gasteiger partial charge in [0.2, 0.25) is 5.78 Å². The van der Waals surface area contributed by atoms with E-state index in [1.54, 1.807) is 61.0 Å². The number of rotatable bonds is 5. The fraction of sp³-hybridized carbons (Fsp3) is 0.136. The van der Waals surface area contributed by atoms with Crippen LogP contribution < -0.4 is 9.64 Å². The van der Waals surface area contributed by atoms with Crippen LogP contribution in [0.15, 0.2) is 71.3 Å². The lowest BCUT2D eigenvalue weighted by Crippen LogP contribution is -2.31. The van der Waals surface area contributed by atoms with Crippen molar-refractivity contribution >= 4 is 28.8 Å². The Bertz CT molecular complexity index is 1100. The van der Waals surface area contributed by atoms with E-state index in [-0.39, 0.29) is 11.4 Å². The van der Waals surface area contributed by atoms with Crippen molar-refractivity contribution in [1.82, 2.24) is 4.98 Å². The van der Waals surface area contributed by atoms with Gasteiger partial charge in [-0.15, -0.1) is 11.3 Å². The van der Waals surface area contributed by atoms with Crippen LogP contribution in [0.5, 0.6) is 5.75 Å². The molecule has 1 atom stereocenters. The fourth-order valence-electron chi connectivity index (χ4n) is 3.38. The zero-order valence-electron chi connectivity index (χ0n) is 15.8. The molecule has 0 aliphatic carbocycles. The Kier molecular flexibility index (Phi) is 4.90. The van der Waals surface area contributed by atoms with Crippen LogP contribution in [0.1, 0.15) is 27.0 Å². The molecule has 0 saturated carbocycles. The summed E-state index contributed by atoms with van der Waals surface area (Å²) < 4.78 is 5.21. The zero-order valence-corrected chi connectivity index (χ0v) is 16.6. The summed E-state index contributed by atoms with van der Waals surface area (Å²) in [5.41, 5.74) is 1.44. The van der Waals surface area contributed by atoms with E-state index in [1.807, 2.05) is 13.0 Å². The summed E-state index contributed by atoms with van der Waals surface area (Å²) in [4.78, 5) is 32.5. The number of hydrogen-bond acceptors (Lipinski definition) is 6. The highest BCUT2D eigenvalue weighted by Crippen LogP contribution is 2.42. The Balaban J connectivity index is 1.87. The molecule has 1 aromatic carbocycles. The number of aromatic nitrogens is 1. The summed E-state index contributed by atoms with van der Waals surface area (Å²) in [7, 11) is 1.56. The topological polar surface area (TPSA) is 79.7 Å². The van der Waals surface area contributed by atoms with Crippen molar-refractivity contribution in [3.63, 3.8) is 0 Å². The number of hydrogen-bond donors (Lipinski definition) is 1. The number of ether oxygens (including phenoxy) is 1. The van der Waals surface area contributed by atoms with Gasteiger partial charge in [0, 0.05) is 5.69 Å². The van der Waals surface area contributed by atoms with Crippen LogP contribution in [-0.4, -0.2) is 28.9 Å². The van der Waals surface area contributed by atoms with E-state index in [4.69, 9.17) is 4.74 Å². The predicted octanol–water partition coefficient (Wildman–Crippen LogP) is 4.24. The van der Waals surface area contributed by atoms with E-state index in [1.165, 1.54) is 16.2 Å². The number of nitrogens with zero attached hydrogens (tertiary/aromatic N) is 2. The second-order valence-electron chi connectivity index (χ2n) is 6.56. The SMILES string of the molecule is COc1ccc([C@@H]2C(C(=O)c3cccs3)=C(O)C(=O)N2c2cccc(C)n2)cc1. The molecule has 6 nitrogen and oxygen atoms in total. The van der Waals surface area contributed by atoms with Crippen LogP contribution in [0.2, 0.25) is 0 Å². The highest BCUT2D eigenvalue weighted by molar-refractivity contribution is 7.12. The Labute approximate surface area is 171 Å². The quantitative estimate of drug-likeness (QED) is 0.641. The first kappa shape index (κ1) is 18.9. The van der Waals surface area contributed by atoms with E-state index < -0.39 is 17.7 Å². The number of carbonyl (C=O) groups is 2. The third-order valence-electron chi connectivity index (χ3n) is 4.75. The Morgan fingerprint density at radius 1 is 1.14 bits per heavy atom. The maximum Gasteiger partial charge on any atom is 0.295 e. The number of Topliss-reactive ketones (excluding diaryl/α,β-unsaturated/α-hetero) is 1. The number of carbonyl (C=O) groups excluding carboxylic acids is 2. The molecule has 29 heavy (non-hydrogen) atoms. The lowest BCUT2D eigenvalue weighted by atomic mass is 9.95. The highest BCUT2D eigenvalue weighted by atomic mass is 32.1. The Morgan fingerprint density at radius 3 is 2.52 bits per heavy atom. The minimum atomic E-state index is -0.794. The molecular weight excluding hydrogens is 388 g/mol. The minimum Gasteiger partial charge on any atom is -0.503 e. The first-order chi connectivity index (χ1) is 14.0. The number of benzene rings is 1. The van der Waals surface area contributed by atoms with Crippen LogP contribution in [0.3, 0.4) is 0 Å². The summed E-state index contributed by atoms with van der Waals surface area (Å²) >= 11 is 1.26. The largest absolute Gasteiger partial charge is 0.503 e. The highest BCUT2D eigenvalue weighted by Gasteiger charge is 2.45. The van der Waals surface area contributed by atoms with Gasteiger partial charge in [0.1, 0.15) is 11.6 Å². The number of aliphatic hydroxyl groups is 1. The van der Waals surface area contributed by atoms with Crippen molar-refractivity contribution in [2.75, 3.05) is 12.0 Å². The first-order valence-corrected chi connectivity index (χ1v) is 9.81. The minimum absolute atomic E-state index is 0.0472. The van der Waals surface area contributed by atoms with Crippen molar-refractivity contribution in [1.29, 1.82) is 0 Å². The van der Waals surface area contributed by atoms with E-state index in [9.17, 15) is 14.7 Å². The number of aliphatic hydroxyl groups excluding tert-OH is 1. The monoisotopic (exact) mass is 406 g/mol. The van der Waals surface area contributed by atoms with Gasteiger partial charge in [-0.3, -0.25) is 14.5 Å². The molecule has 0 fully saturated rings. The number of ketones is 1. The molecule has 1 amide bonds. The van der Waals surface area contributed by atoms with E-state index in [0.29, 0.717) is 22.0 Å². The molecule has 2 aromatic heterocycles. The van der Waals surface area contributed by atoms with Gasteiger partial charge in [-0.25, -0.2) is 4.98 Å². The molecule has 0 spiro atoms. The fourth-order valence-corrected chi connectivity index (χ4v) is 4.06. The van der Waals surface area contributed by atoms with Crippen molar-refractivity contribution in [2.45, 2.75) is 13.0 Å². The third-order valence-corrected chi connectivity index (χ3v) is 5.62. The smallest absolute Gasteiger partial charge is 0.295 e. The number of aryl methyl sites for hydroxylation is 1. The van der Waals surface area contributed by atoms with Gasteiger partial charge < -0.3 is 9.84 Å². The molecule has 1 N–H and O–H groups in total. The molecule has 3 heterocycles. The Morgan fingerprint density at radius 2 is 1.90 bits per heavy atom. The van der Waals surface area contributed by atoms with Crippen LogP contribution in [0.25, 0.3) is 0 Å². The average molecular weight is 406 g/mol. The van der Waals surface area contributed by atoms with Gasteiger partial charge in [-0.05, 0) is 48.2 Å². The third kappa shape index (κ3) is 3.30. The van der Waals surface area contributed by atoms with Crippen LogP contribution in [0, 0.1) is 6.92 Å². The van der Waals surface area contributed by atoms with E-state index >= 15 is 0 Å². The molecule has 146 valence electrons. The molecule has 3 aromatic rings. The van der Waals surface area contributed by atoms with Crippen molar-refractivity contribution < 1.29 is 19.4 Å². The number of anilines is 1. The van der Waals surface area contributed by atoms with Gasteiger partial charge in [-0.2, -0.15) is 0 Å². The molecule has 1 aliphatic rings.